The largest absolute Gasteiger partial charge is 0.416 e. The van der Waals surface area contributed by atoms with Gasteiger partial charge in [-0.1, -0.05) is 42.1 Å². The molecule has 1 fully saturated rings. The molecule has 0 bridgehead atoms. The van der Waals surface area contributed by atoms with Crippen LogP contribution >= 0.6 is 11.8 Å². The van der Waals surface area contributed by atoms with Crippen molar-refractivity contribution in [2.45, 2.75) is 18.1 Å². The highest BCUT2D eigenvalue weighted by atomic mass is 32.2. The van der Waals surface area contributed by atoms with E-state index in [1.165, 1.54) is 23.9 Å². The minimum absolute atomic E-state index is 0.130. The summed E-state index contributed by atoms with van der Waals surface area (Å²) < 4.78 is 18.7. The summed E-state index contributed by atoms with van der Waals surface area (Å²) in [7, 11) is 0. The van der Waals surface area contributed by atoms with Crippen molar-refractivity contribution in [1.82, 2.24) is 15.1 Å². The van der Waals surface area contributed by atoms with Crippen molar-refractivity contribution in [3.8, 4) is 0 Å². The van der Waals surface area contributed by atoms with Crippen LogP contribution in [0, 0.1) is 5.82 Å². The van der Waals surface area contributed by atoms with E-state index in [1.807, 2.05) is 35.2 Å². The van der Waals surface area contributed by atoms with Gasteiger partial charge in [0.1, 0.15) is 5.82 Å². The Morgan fingerprint density at radius 2 is 1.73 bits per heavy atom. The molecule has 0 saturated carbocycles. The minimum Gasteiger partial charge on any atom is -0.416 e. The Balaban J connectivity index is 1.19. The lowest BCUT2D eigenvalue weighted by Crippen LogP contribution is -2.48. The number of piperazine rings is 1. The molecule has 1 aliphatic heterocycles. The molecule has 0 atom stereocenters. The first-order valence-electron chi connectivity index (χ1n) is 9.95. The third-order valence-corrected chi connectivity index (χ3v) is 5.83. The maximum Gasteiger partial charge on any atom is 0.276 e. The number of halogens is 1. The Morgan fingerprint density at radius 1 is 1.00 bits per heavy atom. The predicted molar refractivity (Wildman–Crippen MR) is 114 cm³/mol. The summed E-state index contributed by atoms with van der Waals surface area (Å²) in [5, 5.41) is 8.63. The van der Waals surface area contributed by atoms with Gasteiger partial charge in [-0.25, -0.2) is 4.39 Å². The van der Waals surface area contributed by atoms with Crippen LogP contribution in [0.5, 0.6) is 0 Å². The molecule has 4 rings (SSSR count). The third kappa shape index (κ3) is 5.38. The van der Waals surface area contributed by atoms with E-state index in [4.69, 9.17) is 4.42 Å². The molecule has 0 aliphatic carbocycles. The third-order valence-electron chi connectivity index (χ3n) is 5.01. The smallest absolute Gasteiger partial charge is 0.276 e. The molecule has 1 aromatic heterocycles. The summed E-state index contributed by atoms with van der Waals surface area (Å²) in [6, 6.07) is 16.5. The zero-order valence-electron chi connectivity index (χ0n) is 16.5. The van der Waals surface area contributed by atoms with E-state index in [-0.39, 0.29) is 11.7 Å². The van der Waals surface area contributed by atoms with Crippen LogP contribution in [0.2, 0.25) is 0 Å². The summed E-state index contributed by atoms with van der Waals surface area (Å²) in [4.78, 5) is 16.6. The van der Waals surface area contributed by atoms with Gasteiger partial charge in [-0.15, -0.1) is 10.2 Å². The second kappa shape index (κ2) is 9.75. The number of hydrogen-bond acceptors (Lipinski definition) is 6. The van der Waals surface area contributed by atoms with Gasteiger partial charge < -0.3 is 14.2 Å². The molecular formula is C22H23FN4O2S. The average Bonchev–Trinajstić information content (AvgIpc) is 3.22. The molecule has 0 N–H and O–H groups in total. The number of anilines is 1. The lowest BCUT2D eigenvalue weighted by atomic mass is 10.2. The van der Waals surface area contributed by atoms with Crippen LogP contribution in [0.3, 0.4) is 0 Å². The molecule has 3 aromatic rings. The maximum absolute atomic E-state index is 13.1. The molecule has 2 aromatic carbocycles. The average molecular weight is 427 g/mol. The van der Waals surface area contributed by atoms with Gasteiger partial charge in [0.25, 0.3) is 5.22 Å². The SMILES string of the molecule is O=C(CCSc1nnc(Cc2ccccc2)o1)N1CCN(c2ccc(F)cc2)CC1. The Labute approximate surface area is 179 Å². The fourth-order valence-corrected chi connectivity index (χ4v) is 4.09. The van der Waals surface area contributed by atoms with Crippen molar-refractivity contribution in [2.75, 3.05) is 36.8 Å². The molecule has 0 unspecified atom stereocenters. The summed E-state index contributed by atoms with van der Waals surface area (Å²) in [6.45, 7) is 2.83. The standard InChI is InChI=1S/C22H23FN4O2S/c23-18-6-8-19(9-7-18)26-11-13-27(14-12-26)21(28)10-15-30-22-25-24-20(29-22)16-17-4-2-1-3-5-17/h1-9H,10-16H2. The highest BCUT2D eigenvalue weighted by Gasteiger charge is 2.21. The van der Waals surface area contributed by atoms with Crippen molar-refractivity contribution in [3.63, 3.8) is 0 Å². The number of carbonyl (C=O) groups excluding carboxylic acids is 1. The Kier molecular flexibility index (Phi) is 6.63. The van der Waals surface area contributed by atoms with E-state index in [9.17, 15) is 9.18 Å². The number of carbonyl (C=O) groups is 1. The number of nitrogens with zero attached hydrogens (tertiary/aromatic N) is 4. The quantitative estimate of drug-likeness (QED) is 0.538. The second-order valence-electron chi connectivity index (χ2n) is 7.07. The molecule has 156 valence electrons. The van der Waals surface area contributed by atoms with Gasteiger partial charge in [0.15, 0.2) is 0 Å². The van der Waals surface area contributed by atoms with Crippen LogP contribution in [0.15, 0.2) is 64.2 Å². The fraction of sp³-hybridized carbons (Fsp3) is 0.318. The molecule has 1 saturated heterocycles. The van der Waals surface area contributed by atoms with E-state index >= 15 is 0 Å². The predicted octanol–water partition coefficient (Wildman–Crippen LogP) is 3.63. The first-order chi connectivity index (χ1) is 14.7. The van der Waals surface area contributed by atoms with Gasteiger partial charge in [0.2, 0.25) is 11.8 Å². The van der Waals surface area contributed by atoms with E-state index in [2.05, 4.69) is 15.1 Å². The van der Waals surface area contributed by atoms with Crippen LogP contribution in [0.25, 0.3) is 0 Å². The summed E-state index contributed by atoms with van der Waals surface area (Å²) in [5.74, 6) is 1.07. The molecule has 0 spiro atoms. The normalized spacial score (nSPS) is 14.2. The number of aromatic nitrogens is 2. The van der Waals surface area contributed by atoms with Crippen LogP contribution in [0.4, 0.5) is 10.1 Å². The van der Waals surface area contributed by atoms with Crippen molar-refractivity contribution in [3.05, 3.63) is 71.9 Å². The molecule has 8 heteroatoms. The maximum atomic E-state index is 13.1. The first kappa shape index (κ1) is 20.4. The molecule has 1 aliphatic rings. The lowest BCUT2D eigenvalue weighted by molar-refractivity contribution is -0.131. The highest BCUT2D eigenvalue weighted by Crippen LogP contribution is 2.20. The van der Waals surface area contributed by atoms with Crippen molar-refractivity contribution >= 4 is 23.4 Å². The van der Waals surface area contributed by atoms with E-state index in [0.29, 0.717) is 42.8 Å². The number of hydrogen-bond donors (Lipinski definition) is 0. The van der Waals surface area contributed by atoms with Crippen molar-refractivity contribution < 1.29 is 13.6 Å². The topological polar surface area (TPSA) is 62.5 Å². The molecule has 1 amide bonds. The van der Waals surface area contributed by atoms with Gasteiger partial charge >= 0.3 is 0 Å². The Morgan fingerprint density at radius 3 is 2.47 bits per heavy atom. The Hall–Kier alpha value is -2.87. The van der Waals surface area contributed by atoms with Gasteiger partial charge in [0, 0.05) is 44.0 Å². The first-order valence-corrected chi connectivity index (χ1v) is 10.9. The highest BCUT2D eigenvalue weighted by molar-refractivity contribution is 7.99. The van der Waals surface area contributed by atoms with Gasteiger partial charge in [-0.05, 0) is 29.8 Å². The zero-order chi connectivity index (χ0) is 20.8. The van der Waals surface area contributed by atoms with Crippen LogP contribution in [-0.2, 0) is 11.2 Å². The summed E-state index contributed by atoms with van der Waals surface area (Å²) in [6.07, 6.45) is 1.03. The van der Waals surface area contributed by atoms with Crippen LogP contribution in [0.1, 0.15) is 17.9 Å². The number of amides is 1. The molecule has 2 heterocycles. The molecule has 6 nitrogen and oxygen atoms in total. The lowest BCUT2D eigenvalue weighted by Gasteiger charge is -2.36. The number of thioether (sulfide) groups is 1. The van der Waals surface area contributed by atoms with Gasteiger partial charge in [-0.2, -0.15) is 0 Å². The van der Waals surface area contributed by atoms with Crippen molar-refractivity contribution in [1.29, 1.82) is 0 Å². The number of benzene rings is 2. The minimum atomic E-state index is -0.238. The van der Waals surface area contributed by atoms with Crippen LogP contribution < -0.4 is 4.90 Å². The molecule has 30 heavy (non-hydrogen) atoms. The zero-order valence-corrected chi connectivity index (χ0v) is 17.4. The fourth-order valence-electron chi connectivity index (χ4n) is 3.39. The van der Waals surface area contributed by atoms with Crippen LogP contribution in [-0.4, -0.2) is 52.9 Å². The van der Waals surface area contributed by atoms with E-state index in [0.717, 1.165) is 24.3 Å². The van der Waals surface area contributed by atoms with E-state index < -0.39 is 0 Å². The van der Waals surface area contributed by atoms with Gasteiger partial charge in [-0.3, -0.25) is 4.79 Å². The number of rotatable bonds is 7. The summed E-state index contributed by atoms with van der Waals surface area (Å²) >= 11 is 1.41. The second-order valence-corrected chi connectivity index (χ2v) is 8.11. The molecular weight excluding hydrogens is 403 g/mol. The Bertz CT molecular complexity index is 957. The van der Waals surface area contributed by atoms with Crippen molar-refractivity contribution in [2.24, 2.45) is 0 Å². The summed E-state index contributed by atoms with van der Waals surface area (Å²) in [5.41, 5.74) is 2.11. The van der Waals surface area contributed by atoms with Gasteiger partial charge in [0.05, 0.1) is 6.42 Å². The molecule has 0 radical (unpaired) electrons. The monoisotopic (exact) mass is 426 g/mol. The van der Waals surface area contributed by atoms with E-state index in [1.54, 1.807) is 12.1 Å².